The summed E-state index contributed by atoms with van der Waals surface area (Å²) >= 11 is 7.83. The van der Waals surface area contributed by atoms with Crippen molar-refractivity contribution in [3.8, 4) is 0 Å². The third-order valence-corrected chi connectivity index (χ3v) is 5.53. The number of benzene rings is 2. The summed E-state index contributed by atoms with van der Waals surface area (Å²) in [6.45, 7) is 6.25. The van der Waals surface area contributed by atoms with Gasteiger partial charge in [-0.15, -0.1) is 0 Å². The fourth-order valence-corrected chi connectivity index (χ4v) is 4.34. The molecule has 148 valence electrons. The van der Waals surface area contributed by atoms with Crippen LogP contribution in [-0.2, 0) is 9.59 Å². The molecule has 0 aliphatic carbocycles. The maximum Gasteiger partial charge on any atom is 0.286 e. The van der Waals surface area contributed by atoms with Crippen molar-refractivity contribution in [2.45, 2.75) is 36.1 Å². The average Bonchev–Trinajstić information content (AvgIpc) is 2.57. The highest BCUT2D eigenvalue weighted by Crippen LogP contribution is 2.48. The first-order valence-electron chi connectivity index (χ1n) is 9.16. The number of nitrogens with one attached hydrogen (secondary N) is 2. The molecule has 2 aromatic rings. The molecule has 1 unspecified atom stereocenters. The number of carbonyl (C=O) groups is 2. The molecule has 1 aliphatic rings. The Morgan fingerprint density at radius 1 is 1.07 bits per heavy atom. The minimum absolute atomic E-state index is 0.0719. The van der Waals surface area contributed by atoms with Crippen molar-refractivity contribution in [2.75, 3.05) is 25.0 Å². The second kappa shape index (κ2) is 8.15. The molecular formula is C21H25ClN3O2S+. The zero-order chi connectivity index (χ0) is 20.5. The van der Waals surface area contributed by atoms with Crippen LogP contribution >= 0.6 is 23.4 Å². The molecule has 2 amide bonds. The third-order valence-electron chi connectivity index (χ3n) is 4.17. The minimum atomic E-state index is -0.292. The van der Waals surface area contributed by atoms with Gasteiger partial charge in [0.2, 0.25) is 0 Å². The van der Waals surface area contributed by atoms with Gasteiger partial charge in [-0.2, -0.15) is 0 Å². The summed E-state index contributed by atoms with van der Waals surface area (Å²) in [4.78, 5) is 30.0. The molecule has 3 rings (SSSR count). The Bertz CT molecular complexity index is 911. The number of fused-ring (bicyclic) bond motifs is 2. The number of halogens is 1. The van der Waals surface area contributed by atoms with E-state index >= 15 is 0 Å². The van der Waals surface area contributed by atoms with E-state index in [2.05, 4.69) is 5.32 Å². The molecule has 2 aromatic carbocycles. The first-order valence-corrected chi connectivity index (χ1v) is 10.4. The van der Waals surface area contributed by atoms with Crippen molar-refractivity contribution in [1.82, 2.24) is 5.32 Å². The van der Waals surface area contributed by atoms with Gasteiger partial charge in [0.25, 0.3) is 11.8 Å². The van der Waals surface area contributed by atoms with Crippen LogP contribution in [0.25, 0.3) is 0 Å². The van der Waals surface area contributed by atoms with Crippen LogP contribution < -0.4 is 15.1 Å². The largest absolute Gasteiger partial charge is 0.347 e. The van der Waals surface area contributed by atoms with E-state index in [0.29, 0.717) is 5.02 Å². The van der Waals surface area contributed by atoms with Gasteiger partial charge in [-0.3, -0.25) is 14.5 Å². The zero-order valence-electron chi connectivity index (χ0n) is 16.5. The van der Waals surface area contributed by atoms with Crippen molar-refractivity contribution < 1.29 is 14.5 Å². The number of nitrogens with zero attached hydrogens (tertiary/aromatic N) is 1. The van der Waals surface area contributed by atoms with E-state index in [1.54, 1.807) is 16.7 Å². The lowest BCUT2D eigenvalue weighted by Gasteiger charge is -2.31. The van der Waals surface area contributed by atoms with Crippen LogP contribution in [0.1, 0.15) is 20.8 Å². The summed E-state index contributed by atoms with van der Waals surface area (Å²) < 4.78 is 0. The van der Waals surface area contributed by atoms with Crippen molar-refractivity contribution in [3.05, 3.63) is 47.5 Å². The molecule has 2 N–H and O–H groups in total. The van der Waals surface area contributed by atoms with Crippen LogP contribution in [0.5, 0.6) is 0 Å². The van der Waals surface area contributed by atoms with Gasteiger partial charge in [0.05, 0.1) is 18.4 Å². The molecule has 0 spiro atoms. The molecule has 0 bridgehead atoms. The molecule has 0 saturated carbocycles. The lowest BCUT2D eigenvalue weighted by atomic mass is 10.1. The molecule has 28 heavy (non-hydrogen) atoms. The fourth-order valence-electron chi connectivity index (χ4n) is 3.13. The van der Waals surface area contributed by atoms with E-state index in [4.69, 9.17) is 11.6 Å². The maximum absolute atomic E-state index is 13.2. The van der Waals surface area contributed by atoms with Crippen LogP contribution in [-0.4, -0.2) is 37.5 Å². The molecule has 1 atom stereocenters. The number of hydrogen-bond acceptors (Lipinski definition) is 3. The predicted octanol–water partition coefficient (Wildman–Crippen LogP) is 2.90. The SMILES string of the molecule is C[NH+](CC(=O)NC(C)(C)C)CC(=O)N1c2ccccc2Sc2ccc(Cl)cc21. The second-order valence-corrected chi connectivity index (χ2v) is 9.54. The monoisotopic (exact) mass is 418 g/mol. The van der Waals surface area contributed by atoms with Crippen LogP contribution in [0, 0.1) is 0 Å². The normalized spacial score (nSPS) is 14.1. The van der Waals surface area contributed by atoms with Crippen molar-refractivity contribution in [1.29, 1.82) is 0 Å². The minimum Gasteiger partial charge on any atom is -0.347 e. The Morgan fingerprint density at radius 2 is 1.75 bits per heavy atom. The Kier molecular flexibility index (Phi) is 6.03. The highest BCUT2D eigenvalue weighted by Gasteiger charge is 2.30. The van der Waals surface area contributed by atoms with E-state index in [1.807, 2.05) is 70.3 Å². The number of amides is 2. The average molecular weight is 419 g/mol. The van der Waals surface area contributed by atoms with Crippen LogP contribution in [0.3, 0.4) is 0 Å². The van der Waals surface area contributed by atoms with Gasteiger partial charge in [-0.1, -0.05) is 35.5 Å². The van der Waals surface area contributed by atoms with E-state index < -0.39 is 0 Å². The van der Waals surface area contributed by atoms with Gasteiger partial charge < -0.3 is 10.2 Å². The Balaban J connectivity index is 1.82. The highest BCUT2D eigenvalue weighted by molar-refractivity contribution is 7.99. The number of hydrogen-bond donors (Lipinski definition) is 2. The van der Waals surface area contributed by atoms with Crippen LogP contribution in [0.4, 0.5) is 11.4 Å². The summed E-state index contributed by atoms with van der Waals surface area (Å²) in [6, 6.07) is 13.4. The lowest BCUT2D eigenvalue weighted by Crippen LogP contribution is -3.11. The number of quaternary nitrogens is 1. The standard InChI is InChI=1S/C21H24ClN3O2S/c1-21(2,3)23-19(26)12-24(4)13-20(27)25-15-7-5-6-8-17(15)28-18-10-9-14(22)11-16(18)25/h5-11H,12-13H2,1-4H3,(H,23,26)/p+1. The lowest BCUT2D eigenvalue weighted by molar-refractivity contribution is -0.862. The number of rotatable bonds is 4. The molecule has 7 heteroatoms. The fraction of sp³-hybridized carbons (Fsp3) is 0.333. The first kappa shape index (κ1) is 20.7. The van der Waals surface area contributed by atoms with E-state index in [9.17, 15) is 9.59 Å². The molecule has 0 radical (unpaired) electrons. The number of para-hydroxylation sites is 1. The molecule has 0 saturated heterocycles. The Labute approximate surface area is 175 Å². The van der Waals surface area contributed by atoms with Gasteiger partial charge in [0.1, 0.15) is 0 Å². The smallest absolute Gasteiger partial charge is 0.286 e. The molecule has 0 fully saturated rings. The van der Waals surface area contributed by atoms with Gasteiger partial charge in [-0.25, -0.2) is 0 Å². The molecule has 0 aromatic heterocycles. The number of likely N-dealkylation sites (N-methyl/N-ethyl adjacent to an activating group) is 1. The van der Waals surface area contributed by atoms with E-state index in [1.165, 1.54) is 0 Å². The van der Waals surface area contributed by atoms with Gasteiger partial charge in [0, 0.05) is 20.4 Å². The second-order valence-electron chi connectivity index (χ2n) is 8.02. The maximum atomic E-state index is 13.2. The van der Waals surface area contributed by atoms with E-state index in [-0.39, 0.29) is 30.4 Å². The van der Waals surface area contributed by atoms with Gasteiger partial charge in [-0.05, 0) is 51.1 Å². The summed E-state index contributed by atoms with van der Waals surface area (Å²) in [5, 5.41) is 3.52. The predicted molar refractivity (Wildman–Crippen MR) is 114 cm³/mol. The summed E-state index contributed by atoms with van der Waals surface area (Å²) in [5.74, 6) is -0.145. The van der Waals surface area contributed by atoms with Crippen LogP contribution in [0.15, 0.2) is 52.3 Å². The van der Waals surface area contributed by atoms with Crippen LogP contribution in [0.2, 0.25) is 5.02 Å². The Hall–Kier alpha value is -2.02. The van der Waals surface area contributed by atoms with Crippen molar-refractivity contribution >= 4 is 46.6 Å². The molecular weight excluding hydrogens is 394 g/mol. The molecule has 1 heterocycles. The third kappa shape index (κ3) is 4.87. The van der Waals surface area contributed by atoms with E-state index in [0.717, 1.165) is 26.1 Å². The Morgan fingerprint density at radius 3 is 2.46 bits per heavy atom. The van der Waals surface area contributed by atoms with Gasteiger partial charge >= 0.3 is 0 Å². The quantitative estimate of drug-likeness (QED) is 0.802. The summed E-state index contributed by atoms with van der Waals surface area (Å²) in [6.07, 6.45) is 0. The van der Waals surface area contributed by atoms with Crippen molar-refractivity contribution in [2.24, 2.45) is 0 Å². The number of carbonyl (C=O) groups excluding carboxylic acids is 2. The summed E-state index contributed by atoms with van der Waals surface area (Å²) in [7, 11) is 1.85. The summed E-state index contributed by atoms with van der Waals surface area (Å²) in [5.41, 5.74) is 1.34. The molecule has 1 aliphatic heterocycles. The highest BCUT2D eigenvalue weighted by atomic mass is 35.5. The molecule has 5 nitrogen and oxygen atoms in total. The van der Waals surface area contributed by atoms with Crippen molar-refractivity contribution in [3.63, 3.8) is 0 Å². The topological polar surface area (TPSA) is 53.9 Å². The zero-order valence-corrected chi connectivity index (χ0v) is 18.1. The van der Waals surface area contributed by atoms with Gasteiger partial charge in [0.15, 0.2) is 13.1 Å². The first-order chi connectivity index (χ1) is 13.1. The number of anilines is 2.